The van der Waals surface area contributed by atoms with E-state index in [4.69, 9.17) is 4.74 Å². The first-order valence-electron chi connectivity index (χ1n) is 6.36. The molecule has 1 aliphatic rings. The quantitative estimate of drug-likeness (QED) is 0.774. The number of benzene rings is 1. The summed E-state index contributed by atoms with van der Waals surface area (Å²) in [5.41, 5.74) is 0.976. The zero-order valence-electron chi connectivity index (χ0n) is 11.3. The highest BCUT2D eigenvalue weighted by atomic mass is 32.2. The molecule has 1 atom stereocenters. The molecule has 0 N–H and O–H groups in total. The number of sulfone groups is 1. The van der Waals surface area contributed by atoms with Crippen LogP contribution in [0.3, 0.4) is 0 Å². The molecule has 1 aliphatic heterocycles. The molecule has 7 nitrogen and oxygen atoms in total. The number of esters is 1. The number of aryl methyl sites for hydroxylation is 1. The first-order valence-corrected chi connectivity index (χ1v) is 7.85. The second-order valence-corrected chi connectivity index (χ2v) is 6.81. The molecular weight excluding hydrogens is 294 g/mol. The lowest BCUT2D eigenvalue weighted by atomic mass is 10.2. The lowest BCUT2D eigenvalue weighted by molar-refractivity contribution is -0.170. The van der Waals surface area contributed by atoms with Crippen LogP contribution in [0.1, 0.15) is 12.0 Å². The summed E-state index contributed by atoms with van der Waals surface area (Å²) < 4.78 is 31.0. The smallest absolute Gasteiger partial charge is 0.309 e. The number of rotatable bonds is 4. The van der Waals surface area contributed by atoms with Crippen molar-refractivity contribution >= 4 is 15.8 Å². The Hall–Kier alpha value is -2.22. The minimum Gasteiger partial charge on any atom is -0.460 e. The van der Waals surface area contributed by atoms with Crippen molar-refractivity contribution in [3.8, 4) is 0 Å². The maximum atomic E-state index is 12.4. The largest absolute Gasteiger partial charge is 0.460 e. The highest BCUT2D eigenvalue weighted by Gasteiger charge is 2.30. The van der Waals surface area contributed by atoms with Gasteiger partial charge in [-0.3, -0.25) is 4.79 Å². The SMILES string of the molecule is Cc1ccc(S(=O)(=O)c2cn(CC3CC(=O)O3)nn2)cc1. The van der Waals surface area contributed by atoms with E-state index in [0.717, 1.165) is 5.56 Å². The normalized spacial score (nSPS) is 18.1. The Bertz CT molecular complexity index is 772. The molecule has 1 fully saturated rings. The van der Waals surface area contributed by atoms with Crippen LogP contribution in [0.15, 0.2) is 40.4 Å². The van der Waals surface area contributed by atoms with Crippen LogP contribution in [0.2, 0.25) is 0 Å². The zero-order chi connectivity index (χ0) is 15.0. The molecule has 8 heteroatoms. The Labute approximate surface area is 121 Å². The monoisotopic (exact) mass is 307 g/mol. The average Bonchev–Trinajstić information content (AvgIpc) is 2.87. The van der Waals surface area contributed by atoms with Gasteiger partial charge in [0.2, 0.25) is 14.9 Å². The number of aromatic nitrogens is 3. The molecule has 21 heavy (non-hydrogen) atoms. The van der Waals surface area contributed by atoms with Gasteiger partial charge in [-0.25, -0.2) is 13.1 Å². The molecule has 1 aromatic carbocycles. The van der Waals surface area contributed by atoms with E-state index in [1.807, 2.05) is 6.92 Å². The van der Waals surface area contributed by atoms with E-state index in [0.29, 0.717) is 13.0 Å². The van der Waals surface area contributed by atoms with Gasteiger partial charge in [-0.2, -0.15) is 0 Å². The molecule has 0 spiro atoms. The summed E-state index contributed by atoms with van der Waals surface area (Å²) in [4.78, 5) is 10.9. The molecule has 1 saturated heterocycles. The number of nitrogens with zero attached hydrogens (tertiary/aromatic N) is 3. The fourth-order valence-electron chi connectivity index (χ4n) is 2.00. The van der Waals surface area contributed by atoms with Crippen LogP contribution in [0.5, 0.6) is 0 Å². The minimum atomic E-state index is -3.67. The van der Waals surface area contributed by atoms with Crippen molar-refractivity contribution in [1.29, 1.82) is 0 Å². The van der Waals surface area contributed by atoms with Gasteiger partial charge in [0.15, 0.2) is 0 Å². The summed E-state index contributed by atoms with van der Waals surface area (Å²) in [5, 5.41) is 7.36. The van der Waals surface area contributed by atoms with Crippen LogP contribution in [0.4, 0.5) is 0 Å². The number of carbonyl (C=O) groups is 1. The van der Waals surface area contributed by atoms with Crippen molar-refractivity contribution in [3.63, 3.8) is 0 Å². The molecule has 3 rings (SSSR count). The van der Waals surface area contributed by atoms with Crippen molar-refractivity contribution in [2.75, 3.05) is 0 Å². The van der Waals surface area contributed by atoms with Gasteiger partial charge in [0.1, 0.15) is 6.10 Å². The summed E-state index contributed by atoms with van der Waals surface area (Å²) in [5.74, 6) is -0.257. The van der Waals surface area contributed by atoms with Crippen LogP contribution in [-0.4, -0.2) is 35.5 Å². The average molecular weight is 307 g/mol. The molecule has 2 heterocycles. The van der Waals surface area contributed by atoms with Gasteiger partial charge in [0.05, 0.1) is 24.1 Å². The minimum absolute atomic E-state index is 0.114. The molecule has 0 saturated carbocycles. The van der Waals surface area contributed by atoms with Crippen molar-refractivity contribution in [2.24, 2.45) is 0 Å². The van der Waals surface area contributed by atoms with E-state index in [1.165, 1.54) is 23.0 Å². The lowest BCUT2D eigenvalue weighted by Crippen LogP contribution is -2.36. The van der Waals surface area contributed by atoms with E-state index in [2.05, 4.69) is 10.3 Å². The van der Waals surface area contributed by atoms with Crippen molar-refractivity contribution in [1.82, 2.24) is 15.0 Å². The third-order valence-corrected chi connectivity index (χ3v) is 4.84. The molecule has 110 valence electrons. The van der Waals surface area contributed by atoms with Gasteiger partial charge >= 0.3 is 5.97 Å². The van der Waals surface area contributed by atoms with Gasteiger partial charge in [0.25, 0.3) is 0 Å². The third kappa shape index (κ3) is 2.66. The molecular formula is C13H13N3O4S. The van der Waals surface area contributed by atoms with Gasteiger partial charge in [-0.05, 0) is 19.1 Å². The van der Waals surface area contributed by atoms with Crippen LogP contribution in [0, 0.1) is 6.92 Å². The molecule has 1 aromatic heterocycles. The maximum Gasteiger partial charge on any atom is 0.309 e. The van der Waals surface area contributed by atoms with Gasteiger partial charge in [-0.15, -0.1) is 5.10 Å². The predicted molar refractivity (Wildman–Crippen MR) is 71.1 cm³/mol. The first-order chi connectivity index (χ1) is 9.95. The highest BCUT2D eigenvalue weighted by Crippen LogP contribution is 2.20. The van der Waals surface area contributed by atoms with E-state index < -0.39 is 9.84 Å². The van der Waals surface area contributed by atoms with Crippen LogP contribution in [0.25, 0.3) is 0 Å². The van der Waals surface area contributed by atoms with Gasteiger partial charge in [-0.1, -0.05) is 22.9 Å². The Kier molecular flexibility index (Phi) is 3.25. The predicted octanol–water partition coefficient (Wildman–Crippen LogP) is 0.735. The Balaban J connectivity index is 1.81. The van der Waals surface area contributed by atoms with Crippen LogP contribution < -0.4 is 0 Å². The van der Waals surface area contributed by atoms with Crippen molar-refractivity contribution in [3.05, 3.63) is 36.0 Å². The van der Waals surface area contributed by atoms with Crippen molar-refractivity contribution in [2.45, 2.75) is 35.9 Å². The number of cyclic esters (lactones) is 1. The van der Waals surface area contributed by atoms with E-state index in [9.17, 15) is 13.2 Å². The van der Waals surface area contributed by atoms with Crippen LogP contribution in [-0.2, 0) is 25.9 Å². The second kappa shape index (κ2) is 4.96. The first kappa shape index (κ1) is 13.7. The number of hydrogen-bond acceptors (Lipinski definition) is 6. The number of ether oxygens (including phenoxy) is 1. The molecule has 2 aromatic rings. The van der Waals surface area contributed by atoms with Gasteiger partial charge < -0.3 is 4.74 Å². The second-order valence-electron chi connectivity index (χ2n) is 4.91. The zero-order valence-corrected chi connectivity index (χ0v) is 12.1. The molecule has 1 unspecified atom stereocenters. The Morgan fingerprint density at radius 2 is 2.00 bits per heavy atom. The third-order valence-electron chi connectivity index (χ3n) is 3.21. The summed E-state index contributed by atoms with van der Waals surface area (Å²) in [6.07, 6.45) is 1.41. The lowest BCUT2D eigenvalue weighted by Gasteiger charge is -2.24. The number of hydrogen-bond donors (Lipinski definition) is 0. The molecule has 0 bridgehead atoms. The fraction of sp³-hybridized carbons (Fsp3) is 0.308. The Morgan fingerprint density at radius 3 is 2.62 bits per heavy atom. The summed E-state index contributed by atoms with van der Waals surface area (Å²) in [6.45, 7) is 2.19. The Morgan fingerprint density at radius 1 is 1.33 bits per heavy atom. The summed E-state index contributed by atoms with van der Waals surface area (Å²) in [6, 6.07) is 6.53. The van der Waals surface area contributed by atoms with E-state index in [1.54, 1.807) is 12.1 Å². The van der Waals surface area contributed by atoms with Crippen LogP contribution >= 0.6 is 0 Å². The van der Waals surface area contributed by atoms with Crippen molar-refractivity contribution < 1.29 is 17.9 Å². The summed E-state index contributed by atoms with van der Waals surface area (Å²) in [7, 11) is -3.67. The van der Waals surface area contributed by atoms with Gasteiger partial charge in [0, 0.05) is 0 Å². The topological polar surface area (TPSA) is 91.2 Å². The van der Waals surface area contributed by atoms with E-state index in [-0.39, 0.29) is 22.0 Å². The maximum absolute atomic E-state index is 12.4. The molecule has 0 aliphatic carbocycles. The summed E-state index contributed by atoms with van der Waals surface area (Å²) >= 11 is 0. The molecule has 0 radical (unpaired) electrons. The standard InChI is InChI=1S/C13H13N3O4S/c1-9-2-4-11(5-3-9)21(18,19)12-8-16(15-14-12)7-10-6-13(17)20-10/h2-5,8,10H,6-7H2,1H3. The molecule has 0 amide bonds. The number of carbonyl (C=O) groups excluding carboxylic acids is 1. The fourth-order valence-corrected chi connectivity index (χ4v) is 3.14. The van der Waals surface area contributed by atoms with E-state index >= 15 is 0 Å². The highest BCUT2D eigenvalue weighted by molar-refractivity contribution is 7.91.